The number of rotatable bonds is 6. The molecule has 0 bridgehead atoms. The number of benzene rings is 1. The van der Waals surface area contributed by atoms with Gasteiger partial charge in [0.2, 0.25) is 0 Å². The summed E-state index contributed by atoms with van der Waals surface area (Å²) < 4.78 is 5.77. The van der Waals surface area contributed by atoms with Gasteiger partial charge in [0.15, 0.2) is 0 Å². The first kappa shape index (κ1) is 13.4. The molecule has 1 heterocycles. The van der Waals surface area contributed by atoms with Crippen LogP contribution < -0.4 is 10.5 Å². The smallest absolute Gasteiger partial charge is 0.119 e. The molecule has 1 aliphatic heterocycles. The fraction of sp³-hybridized carbons (Fsp3) is 0.600. The van der Waals surface area contributed by atoms with Crippen molar-refractivity contribution in [3.05, 3.63) is 29.8 Å². The highest BCUT2D eigenvalue weighted by molar-refractivity contribution is 5.30. The van der Waals surface area contributed by atoms with Gasteiger partial charge in [0.05, 0.1) is 6.61 Å². The molecule has 2 rings (SSSR count). The lowest BCUT2D eigenvalue weighted by Crippen LogP contribution is -2.21. The Labute approximate surface area is 110 Å². The highest BCUT2D eigenvalue weighted by Crippen LogP contribution is 2.17. The Balaban J connectivity index is 1.70. The largest absolute Gasteiger partial charge is 0.494 e. The van der Waals surface area contributed by atoms with Crippen LogP contribution in [0.1, 0.15) is 37.8 Å². The molecular weight excluding hydrogens is 224 g/mol. The lowest BCUT2D eigenvalue weighted by atomic mass is 10.1. The van der Waals surface area contributed by atoms with E-state index in [1.165, 1.54) is 25.9 Å². The third-order valence-corrected chi connectivity index (χ3v) is 3.47. The van der Waals surface area contributed by atoms with Gasteiger partial charge in [-0.15, -0.1) is 0 Å². The number of likely N-dealkylation sites (tertiary alicyclic amines) is 1. The summed E-state index contributed by atoms with van der Waals surface area (Å²) in [5, 5.41) is 0. The van der Waals surface area contributed by atoms with Crippen LogP contribution in [0.5, 0.6) is 5.75 Å². The number of hydrogen-bond donors (Lipinski definition) is 1. The monoisotopic (exact) mass is 248 g/mol. The van der Waals surface area contributed by atoms with Crippen LogP contribution in [-0.2, 0) is 0 Å². The Hall–Kier alpha value is -1.06. The Morgan fingerprint density at radius 3 is 2.83 bits per heavy atom. The predicted octanol–water partition coefficient (Wildman–Crippen LogP) is 2.57. The van der Waals surface area contributed by atoms with Crippen molar-refractivity contribution >= 4 is 0 Å². The van der Waals surface area contributed by atoms with E-state index >= 15 is 0 Å². The van der Waals surface area contributed by atoms with Gasteiger partial charge in [-0.3, -0.25) is 0 Å². The summed E-state index contributed by atoms with van der Waals surface area (Å²) in [6, 6.07) is 8.16. The Kier molecular flexibility index (Phi) is 5.02. The van der Waals surface area contributed by atoms with E-state index in [1.807, 2.05) is 31.2 Å². The molecule has 3 heteroatoms. The summed E-state index contributed by atoms with van der Waals surface area (Å²) in [5.41, 5.74) is 6.99. The van der Waals surface area contributed by atoms with Crippen molar-refractivity contribution in [3.8, 4) is 5.75 Å². The molecule has 3 nitrogen and oxygen atoms in total. The second-order valence-corrected chi connectivity index (χ2v) is 5.11. The second kappa shape index (κ2) is 6.76. The van der Waals surface area contributed by atoms with E-state index in [9.17, 15) is 0 Å². The molecule has 1 atom stereocenters. The normalized spacial score (nSPS) is 17.9. The summed E-state index contributed by atoms with van der Waals surface area (Å²) in [6.45, 7) is 6.47. The number of nitrogens with two attached hydrogens (primary N) is 1. The quantitative estimate of drug-likeness (QED) is 0.786. The van der Waals surface area contributed by atoms with E-state index in [4.69, 9.17) is 10.5 Å². The van der Waals surface area contributed by atoms with Gasteiger partial charge in [-0.2, -0.15) is 0 Å². The second-order valence-electron chi connectivity index (χ2n) is 5.11. The highest BCUT2D eigenvalue weighted by Gasteiger charge is 2.10. The lowest BCUT2D eigenvalue weighted by molar-refractivity contribution is 0.263. The van der Waals surface area contributed by atoms with Crippen LogP contribution in [0.25, 0.3) is 0 Å². The molecule has 0 spiro atoms. The van der Waals surface area contributed by atoms with Crippen molar-refractivity contribution in [1.82, 2.24) is 4.90 Å². The van der Waals surface area contributed by atoms with Crippen molar-refractivity contribution in [2.75, 3.05) is 26.2 Å². The van der Waals surface area contributed by atoms with E-state index < -0.39 is 0 Å². The predicted molar refractivity (Wildman–Crippen MR) is 74.8 cm³/mol. The van der Waals surface area contributed by atoms with E-state index in [0.717, 1.165) is 30.9 Å². The van der Waals surface area contributed by atoms with Gasteiger partial charge in [-0.25, -0.2) is 0 Å². The van der Waals surface area contributed by atoms with Crippen molar-refractivity contribution in [2.24, 2.45) is 5.73 Å². The van der Waals surface area contributed by atoms with E-state index in [1.54, 1.807) is 0 Å². The summed E-state index contributed by atoms with van der Waals surface area (Å²) in [4.78, 5) is 2.52. The van der Waals surface area contributed by atoms with Crippen LogP contribution in [0.15, 0.2) is 24.3 Å². The third kappa shape index (κ3) is 4.00. The van der Waals surface area contributed by atoms with Gasteiger partial charge in [0, 0.05) is 12.6 Å². The molecule has 0 amide bonds. The minimum Gasteiger partial charge on any atom is -0.494 e. The molecule has 1 aliphatic rings. The van der Waals surface area contributed by atoms with Crippen LogP contribution in [0.4, 0.5) is 0 Å². The zero-order valence-corrected chi connectivity index (χ0v) is 11.3. The summed E-state index contributed by atoms with van der Waals surface area (Å²) in [7, 11) is 0. The van der Waals surface area contributed by atoms with Crippen LogP contribution in [0.3, 0.4) is 0 Å². The number of nitrogens with zero attached hydrogens (tertiary/aromatic N) is 1. The van der Waals surface area contributed by atoms with Gasteiger partial charge in [0.1, 0.15) is 5.75 Å². The third-order valence-electron chi connectivity index (χ3n) is 3.47. The van der Waals surface area contributed by atoms with Crippen molar-refractivity contribution in [3.63, 3.8) is 0 Å². The standard InChI is InChI=1S/C15H24N2O/c1-13(16)14-6-4-7-15(12-14)18-11-5-10-17-8-2-3-9-17/h4,6-7,12-13H,2-3,5,8-11,16H2,1H3/t13-/m1/s1. The molecular formula is C15H24N2O. The molecule has 2 N–H and O–H groups in total. The topological polar surface area (TPSA) is 38.5 Å². The molecule has 0 radical (unpaired) electrons. The Morgan fingerprint density at radius 2 is 2.11 bits per heavy atom. The maximum atomic E-state index is 5.86. The van der Waals surface area contributed by atoms with Gasteiger partial charge in [0.25, 0.3) is 0 Å². The molecule has 1 aromatic carbocycles. The van der Waals surface area contributed by atoms with E-state index in [2.05, 4.69) is 4.90 Å². The van der Waals surface area contributed by atoms with Gasteiger partial charge >= 0.3 is 0 Å². The molecule has 0 aromatic heterocycles. The highest BCUT2D eigenvalue weighted by atomic mass is 16.5. The maximum absolute atomic E-state index is 5.86. The maximum Gasteiger partial charge on any atom is 0.119 e. The van der Waals surface area contributed by atoms with Crippen molar-refractivity contribution in [1.29, 1.82) is 0 Å². The number of ether oxygens (including phenoxy) is 1. The molecule has 18 heavy (non-hydrogen) atoms. The zero-order chi connectivity index (χ0) is 12.8. The molecule has 0 saturated carbocycles. The number of hydrogen-bond acceptors (Lipinski definition) is 3. The average molecular weight is 248 g/mol. The van der Waals surface area contributed by atoms with Crippen molar-refractivity contribution < 1.29 is 4.74 Å². The summed E-state index contributed by atoms with van der Waals surface area (Å²) in [6.07, 6.45) is 3.82. The first-order valence-corrected chi connectivity index (χ1v) is 6.96. The first-order chi connectivity index (χ1) is 8.75. The molecule has 1 saturated heterocycles. The first-order valence-electron chi connectivity index (χ1n) is 6.96. The molecule has 0 unspecified atom stereocenters. The van der Waals surface area contributed by atoms with Gasteiger partial charge < -0.3 is 15.4 Å². The van der Waals surface area contributed by atoms with Crippen LogP contribution in [0.2, 0.25) is 0 Å². The molecule has 1 fully saturated rings. The van der Waals surface area contributed by atoms with Crippen LogP contribution in [-0.4, -0.2) is 31.1 Å². The molecule has 100 valence electrons. The van der Waals surface area contributed by atoms with Gasteiger partial charge in [-0.05, 0) is 57.0 Å². The lowest BCUT2D eigenvalue weighted by Gasteiger charge is -2.15. The average Bonchev–Trinajstić information content (AvgIpc) is 2.88. The fourth-order valence-corrected chi connectivity index (χ4v) is 2.37. The van der Waals surface area contributed by atoms with E-state index in [0.29, 0.717) is 0 Å². The molecule has 0 aliphatic carbocycles. The van der Waals surface area contributed by atoms with Gasteiger partial charge in [-0.1, -0.05) is 12.1 Å². The summed E-state index contributed by atoms with van der Waals surface area (Å²) >= 11 is 0. The SMILES string of the molecule is C[C@@H](N)c1cccc(OCCCN2CCCC2)c1. The zero-order valence-electron chi connectivity index (χ0n) is 11.3. The van der Waals surface area contributed by atoms with Crippen LogP contribution in [0, 0.1) is 0 Å². The Morgan fingerprint density at radius 1 is 1.33 bits per heavy atom. The van der Waals surface area contributed by atoms with Crippen molar-refractivity contribution in [2.45, 2.75) is 32.2 Å². The van der Waals surface area contributed by atoms with E-state index in [-0.39, 0.29) is 6.04 Å². The fourth-order valence-electron chi connectivity index (χ4n) is 2.37. The molecule has 1 aromatic rings. The minimum atomic E-state index is 0.0677. The Bertz CT molecular complexity index is 359. The summed E-state index contributed by atoms with van der Waals surface area (Å²) in [5.74, 6) is 0.936. The van der Waals surface area contributed by atoms with Crippen LogP contribution >= 0.6 is 0 Å². The minimum absolute atomic E-state index is 0.0677.